The monoisotopic (exact) mass is 314 g/mol. The van der Waals surface area contributed by atoms with Crippen LogP contribution in [0.5, 0.6) is 0 Å². The van der Waals surface area contributed by atoms with Gasteiger partial charge in [0, 0.05) is 18.6 Å². The van der Waals surface area contributed by atoms with Gasteiger partial charge in [-0.15, -0.1) is 0 Å². The maximum atomic E-state index is 13.8. The van der Waals surface area contributed by atoms with E-state index in [-0.39, 0.29) is 23.0 Å². The summed E-state index contributed by atoms with van der Waals surface area (Å²) < 4.78 is 46.6. The van der Waals surface area contributed by atoms with Crippen molar-refractivity contribution in [2.75, 3.05) is 6.61 Å². The van der Waals surface area contributed by atoms with Crippen LogP contribution in [0.25, 0.3) is 0 Å². The SMILES string of the molecule is Cc1ccc(F)c(S(=O)(=O)NC2C(N)C3CCCOC32)c1. The van der Waals surface area contributed by atoms with Crippen LogP contribution in [0.3, 0.4) is 0 Å². The number of rotatable bonds is 3. The van der Waals surface area contributed by atoms with Crippen LogP contribution in [-0.2, 0) is 14.8 Å². The third-order valence-corrected chi connectivity index (χ3v) is 5.82. The Labute approximate surface area is 123 Å². The van der Waals surface area contributed by atoms with Crippen LogP contribution in [0.15, 0.2) is 23.1 Å². The van der Waals surface area contributed by atoms with E-state index in [0.717, 1.165) is 18.9 Å². The van der Waals surface area contributed by atoms with Crippen molar-refractivity contribution < 1.29 is 17.5 Å². The highest BCUT2D eigenvalue weighted by Gasteiger charge is 2.52. The molecule has 116 valence electrons. The van der Waals surface area contributed by atoms with E-state index in [1.165, 1.54) is 12.1 Å². The Hall–Kier alpha value is -1.02. The van der Waals surface area contributed by atoms with Crippen molar-refractivity contribution in [2.45, 2.75) is 42.8 Å². The first-order valence-electron chi connectivity index (χ1n) is 7.06. The molecule has 4 unspecified atom stereocenters. The molecule has 0 radical (unpaired) electrons. The number of nitrogens with two attached hydrogens (primary N) is 1. The van der Waals surface area contributed by atoms with Gasteiger partial charge in [-0.25, -0.2) is 17.5 Å². The van der Waals surface area contributed by atoms with Gasteiger partial charge in [-0.2, -0.15) is 0 Å². The first kappa shape index (κ1) is 14.9. The van der Waals surface area contributed by atoms with E-state index in [9.17, 15) is 12.8 Å². The molecule has 7 heteroatoms. The summed E-state index contributed by atoms with van der Waals surface area (Å²) in [5.41, 5.74) is 6.71. The van der Waals surface area contributed by atoms with Crippen molar-refractivity contribution in [1.29, 1.82) is 0 Å². The van der Waals surface area contributed by atoms with Gasteiger partial charge >= 0.3 is 0 Å². The van der Waals surface area contributed by atoms with Crippen molar-refractivity contribution in [2.24, 2.45) is 11.7 Å². The average molecular weight is 314 g/mol. The van der Waals surface area contributed by atoms with Crippen molar-refractivity contribution in [3.05, 3.63) is 29.6 Å². The number of hydrogen-bond acceptors (Lipinski definition) is 4. The van der Waals surface area contributed by atoms with Crippen molar-refractivity contribution in [3.63, 3.8) is 0 Å². The molecule has 4 atom stereocenters. The van der Waals surface area contributed by atoms with Gasteiger partial charge in [-0.1, -0.05) is 6.07 Å². The first-order valence-corrected chi connectivity index (χ1v) is 8.54. The molecule has 1 saturated heterocycles. The van der Waals surface area contributed by atoms with Gasteiger partial charge in [0.1, 0.15) is 10.7 Å². The largest absolute Gasteiger partial charge is 0.376 e. The Balaban J connectivity index is 1.82. The molecule has 1 saturated carbocycles. The van der Waals surface area contributed by atoms with Gasteiger partial charge < -0.3 is 10.5 Å². The molecule has 5 nitrogen and oxygen atoms in total. The average Bonchev–Trinajstić information content (AvgIpc) is 2.47. The van der Waals surface area contributed by atoms with Crippen LogP contribution >= 0.6 is 0 Å². The second-order valence-corrected chi connectivity index (χ2v) is 7.48. The lowest BCUT2D eigenvalue weighted by atomic mass is 9.69. The minimum absolute atomic E-state index is 0.189. The standard InChI is InChI=1S/C14H19FN2O3S/c1-8-4-5-10(15)11(7-8)21(18,19)17-13-12(16)9-3-2-6-20-14(9)13/h4-5,7,9,12-14,17H,2-3,6,16H2,1H3. The van der Waals surface area contributed by atoms with Gasteiger partial charge in [-0.3, -0.25) is 0 Å². The predicted molar refractivity (Wildman–Crippen MR) is 75.7 cm³/mol. The minimum atomic E-state index is -3.94. The molecule has 1 aromatic carbocycles. The highest BCUT2D eigenvalue weighted by molar-refractivity contribution is 7.89. The summed E-state index contributed by atoms with van der Waals surface area (Å²) in [5, 5.41) is 0. The van der Waals surface area contributed by atoms with Crippen LogP contribution in [0.4, 0.5) is 4.39 Å². The molecule has 1 aliphatic carbocycles. The maximum Gasteiger partial charge on any atom is 0.243 e. The van der Waals surface area contributed by atoms with Crippen LogP contribution in [0.1, 0.15) is 18.4 Å². The molecule has 3 N–H and O–H groups in total. The maximum absolute atomic E-state index is 13.8. The number of halogens is 1. The Morgan fingerprint density at radius 1 is 1.43 bits per heavy atom. The minimum Gasteiger partial charge on any atom is -0.376 e. The summed E-state index contributed by atoms with van der Waals surface area (Å²) in [6.07, 6.45) is 1.69. The smallest absolute Gasteiger partial charge is 0.243 e. The van der Waals surface area contributed by atoms with Crippen molar-refractivity contribution in [1.82, 2.24) is 4.72 Å². The molecule has 0 amide bonds. The van der Waals surface area contributed by atoms with Crippen molar-refractivity contribution in [3.8, 4) is 0 Å². The second kappa shape index (κ2) is 5.31. The van der Waals surface area contributed by atoms with Crippen molar-refractivity contribution >= 4 is 10.0 Å². The van der Waals surface area contributed by atoms with E-state index in [2.05, 4.69) is 4.72 Å². The van der Waals surface area contributed by atoms with Crippen LogP contribution in [0, 0.1) is 18.7 Å². The molecule has 2 aliphatic rings. The summed E-state index contributed by atoms with van der Waals surface area (Å²) in [6, 6.07) is 3.24. The van der Waals surface area contributed by atoms with Gasteiger partial charge in [-0.05, 0) is 37.5 Å². The summed E-state index contributed by atoms with van der Waals surface area (Å²) in [6.45, 7) is 2.33. The Kier molecular flexibility index (Phi) is 3.77. The van der Waals surface area contributed by atoms with E-state index in [1.807, 2.05) is 0 Å². The van der Waals surface area contributed by atoms with E-state index in [4.69, 9.17) is 10.5 Å². The van der Waals surface area contributed by atoms with Crippen LogP contribution < -0.4 is 10.5 Å². The van der Waals surface area contributed by atoms with E-state index in [1.54, 1.807) is 6.92 Å². The number of benzene rings is 1. The second-order valence-electron chi connectivity index (χ2n) is 5.80. The number of fused-ring (bicyclic) bond motifs is 1. The Morgan fingerprint density at radius 2 is 2.19 bits per heavy atom. The van der Waals surface area contributed by atoms with E-state index >= 15 is 0 Å². The topological polar surface area (TPSA) is 81.4 Å². The number of hydrogen-bond donors (Lipinski definition) is 2. The lowest BCUT2D eigenvalue weighted by molar-refractivity contribution is -0.114. The van der Waals surface area contributed by atoms with Gasteiger partial charge in [0.05, 0.1) is 12.1 Å². The number of ether oxygens (including phenoxy) is 1. The van der Waals surface area contributed by atoms with E-state index < -0.39 is 21.9 Å². The molecule has 21 heavy (non-hydrogen) atoms. The third-order valence-electron chi connectivity index (χ3n) is 4.34. The van der Waals surface area contributed by atoms with Crippen LogP contribution in [-0.4, -0.2) is 33.2 Å². The quantitative estimate of drug-likeness (QED) is 0.869. The zero-order chi connectivity index (χ0) is 15.2. The molecule has 0 aromatic heterocycles. The first-order chi connectivity index (χ1) is 9.90. The molecule has 0 spiro atoms. The summed E-state index contributed by atoms with van der Waals surface area (Å²) >= 11 is 0. The van der Waals surface area contributed by atoms with E-state index in [0.29, 0.717) is 12.2 Å². The molecule has 3 rings (SSSR count). The number of sulfonamides is 1. The van der Waals surface area contributed by atoms with Crippen LogP contribution in [0.2, 0.25) is 0 Å². The fourth-order valence-corrected chi connectivity index (χ4v) is 4.59. The summed E-state index contributed by atoms with van der Waals surface area (Å²) in [4.78, 5) is -0.339. The Morgan fingerprint density at radius 3 is 2.95 bits per heavy atom. The molecule has 0 bridgehead atoms. The zero-order valence-electron chi connectivity index (χ0n) is 11.8. The highest BCUT2D eigenvalue weighted by Crippen LogP contribution is 2.37. The highest BCUT2D eigenvalue weighted by atomic mass is 32.2. The third kappa shape index (κ3) is 2.59. The zero-order valence-corrected chi connectivity index (χ0v) is 12.6. The molecule has 1 aliphatic heterocycles. The van der Waals surface area contributed by atoms with Gasteiger partial charge in [0.15, 0.2) is 0 Å². The lowest BCUT2D eigenvalue weighted by Gasteiger charge is -2.52. The number of aryl methyl sites for hydroxylation is 1. The lowest BCUT2D eigenvalue weighted by Crippen LogP contribution is -2.71. The Bertz CT molecular complexity index is 650. The fraction of sp³-hybridized carbons (Fsp3) is 0.571. The molecule has 1 heterocycles. The number of nitrogens with one attached hydrogen (secondary N) is 1. The fourth-order valence-electron chi connectivity index (χ4n) is 3.15. The predicted octanol–water partition coefficient (Wildman–Crippen LogP) is 0.917. The van der Waals surface area contributed by atoms with Gasteiger partial charge in [0.25, 0.3) is 0 Å². The molecule has 2 fully saturated rings. The normalized spacial score (nSPS) is 32.3. The van der Waals surface area contributed by atoms with Gasteiger partial charge in [0.2, 0.25) is 10.0 Å². The molecule has 1 aromatic rings. The summed E-state index contributed by atoms with van der Waals surface area (Å²) in [5.74, 6) is -0.573. The summed E-state index contributed by atoms with van der Waals surface area (Å²) in [7, 11) is -3.94. The molecular weight excluding hydrogens is 295 g/mol. The molecular formula is C14H19FN2O3S.